The molecule has 27 heteroatoms. The number of aromatic nitrogens is 2. The van der Waals surface area contributed by atoms with E-state index >= 15 is 0 Å². The second kappa shape index (κ2) is 23.0. The van der Waals surface area contributed by atoms with E-state index in [-0.39, 0.29) is 41.1 Å². The number of carbonyl (C=O) groups is 1. The molecular formula is C44H46N4O15S8+2. The standard InChI is InChI=1S/C44H44N4O15S8/c1-2-45-33-12-8-30(69(51,52)53)24-38(33)65-41(45)27-43-47(35-13-9-31(70(54,55)56)25-39(35)66-43)16-19-60-21-22-61-20-17-48-36-14-10-32(71(57,58)59)26-40(36)67-44(48)28-42-46(15-5-3-4-6-18-49)34-11-7-29(68-63-62-50)23-37(34)64-42/h7-14,18,23-28H,2-6,15-17,19-22H2,1H3,(H2-2,50,51,52,53,54,55,56,57,58,59)/p+2. The van der Waals surface area contributed by atoms with E-state index in [1.54, 1.807) is 18.2 Å². The number of thioether (sulfide) groups is 2. The Morgan fingerprint density at radius 3 is 1.68 bits per heavy atom. The van der Waals surface area contributed by atoms with E-state index in [0.717, 1.165) is 79.1 Å². The van der Waals surface area contributed by atoms with Gasteiger partial charge >= 0.3 is 0 Å². The monoisotopic (exact) mass is 1130 g/mol. The number of nitrogens with zero attached hydrogens (tertiary/aromatic N) is 4. The van der Waals surface area contributed by atoms with Crippen LogP contribution in [-0.2, 0) is 67.1 Å². The lowest BCUT2D eigenvalue weighted by atomic mass is 10.2. The molecule has 2 aromatic heterocycles. The summed E-state index contributed by atoms with van der Waals surface area (Å²) in [6.07, 6.45) is 7.79. The van der Waals surface area contributed by atoms with Gasteiger partial charge in [0.15, 0.2) is 6.54 Å². The highest BCUT2D eigenvalue weighted by Gasteiger charge is 2.32. The summed E-state index contributed by atoms with van der Waals surface area (Å²) in [5, 5.41) is 15.7. The van der Waals surface area contributed by atoms with Crippen LogP contribution in [0.15, 0.2) is 112 Å². The van der Waals surface area contributed by atoms with E-state index in [4.69, 9.17) is 14.7 Å². The van der Waals surface area contributed by atoms with Gasteiger partial charge in [-0.25, -0.2) is 5.26 Å². The van der Waals surface area contributed by atoms with Crippen LogP contribution in [0.4, 0.5) is 11.4 Å². The van der Waals surface area contributed by atoms with Gasteiger partial charge in [-0.15, -0.1) is 4.33 Å². The highest BCUT2D eigenvalue weighted by molar-refractivity contribution is 8.04. The number of ether oxygens (including phenoxy) is 2. The molecule has 2 aliphatic heterocycles. The number of carbonyl (C=O) groups excluding carboxylic acids is 1. The molecule has 0 bridgehead atoms. The first-order valence-corrected chi connectivity index (χ1v) is 30.0. The molecule has 378 valence electrons. The van der Waals surface area contributed by atoms with E-state index in [0.29, 0.717) is 57.7 Å². The van der Waals surface area contributed by atoms with Crippen LogP contribution >= 0.6 is 58.2 Å². The minimum absolute atomic E-state index is 0.221. The molecule has 0 saturated heterocycles. The van der Waals surface area contributed by atoms with Crippen LogP contribution in [0, 0.1) is 0 Å². The van der Waals surface area contributed by atoms with Crippen LogP contribution in [0.3, 0.4) is 0 Å². The zero-order valence-corrected chi connectivity index (χ0v) is 44.0. The van der Waals surface area contributed by atoms with Gasteiger partial charge in [0, 0.05) is 52.8 Å². The maximum absolute atomic E-state index is 12.1. The summed E-state index contributed by atoms with van der Waals surface area (Å²) in [5.74, 6) is 0. The molecular weight excluding hydrogens is 1080 g/mol. The van der Waals surface area contributed by atoms with E-state index in [9.17, 15) is 43.7 Å². The van der Waals surface area contributed by atoms with Gasteiger partial charge in [0.05, 0.1) is 86.7 Å². The Morgan fingerprint density at radius 1 is 0.634 bits per heavy atom. The predicted octanol–water partition coefficient (Wildman–Crippen LogP) is 8.19. The first-order valence-electron chi connectivity index (χ1n) is 21.7. The first-order chi connectivity index (χ1) is 34.0. The Morgan fingerprint density at radius 2 is 1.14 bits per heavy atom. The Labute approximate surface area is 430 Å². The Hall–Kier alpha value is -4.01. The summed E-state index contributed by atoms with van der Waals surface area (Å²) < 4.78 is 124. The SMILES string of the molecule is CC[n+]1c(C=C2Sc3cc(S(=O)(=O)O)ccc3N2CCOCCOCCN2C(=Cc3sc4cc(SOOO)ccc4[n+]3CCCCCC=O)Sc3cc(S(=O)(=O)O)ccc32)sc2cc(S(=O)(=O)O)ccc21. The highest BCUT2D eigenvalue weighted by Crippen LogP contribution is 2.49. The maximum atomic E-state index is 12.1. The summed E-state index contributed by atoms with van der Waals surface area (Å²) in [6, 6.07) is 18.9. The quantitative estimate of drug-likeness (QED) is 0.00847. The van der Waals surface area contributed by atoms with Crippen molar-refractivity contribution in [1.29, 1.82) is 0 Å². The van der Waals surface area contributed by atoms with Gasteiger partial charge in [0.2, 0.25) is 11.0 Å². The minimum atomic E-state index is -4.48. The summed E-state index contributed by atoms with van der Waals surface area (Å²) in [7, 11) is -13.4. The Bertz CT molecular complexity index is 3380. The second-order valence-corrected chi connectivity index (χ2v) is 24.9. The van der Waals surface area contributed by atoms with Crippen molar-refractivity contribution in [3.8, 4) is 0 Å². The molecule has 0 spiro atoms. The normalized spacial score (nSPS) is 15.2. The highest BCUT2D eigenvalue weighted by atomic mass is 32.2. The number of rotatable bonds is 24. The van der Waals surface area contributed by atoms with Crippen molar-refractivity contribution >= 4 is 139 Å². The van der Waals surface area contributed by atoms with E-state index in [1.807, 2.05) is 51.6 Å². The lowest BCUT2D eigenvalue weighted by Crippen LogP contribution is -2.35. The topological polar surface area (TPSA) is 252 Å². The fourth-order valence-electron chi connectivity index (χ4n) is 7.90. The third kappa shape index (κ3) is 12.7. The average molecular weight is 1130 g/mol. The zero-order valence-electron chi connectivity index (χ0n) is 37.5. The van der Waals surface area contributed by atoms with Crippen molar-refractivity contribution in [1.82, 2.24) is 0 Å². The molecule has 0 saturated carbocycles. The fraction of sp³-hybridized carbons (Fsp3) is 0.295. The zero-order chi connectivity index (χ0) is 50.5. The number of unbranched alkanes of at least 4 members (excludes halogenated alkanes) is 3. The number of fused-ring (bicyclic) bond motifs is 4. The van der Waals surface area contributed by atoms with Crippen LogP contribution < -0.4 is 18.9 Å². The van der Waals surface area contributed by atoms with E-state index < -0.39 is 30.4 Å². The molecule has 0 unspecified atom stereocenters. The number of aryl methyl sites for hydroxylation is 2. The van der Waals surface area contributed by atoms with Crippen molar-refractivity contribution < 1.29 is 76.9 Å². The molecule has 0 amide bonds. The third-order valence-corrected chi connectivity index (χ3v) is 18.7. The molecule has 4 aromatic carbocycles. The van der Waals surface area contributed by atoms with Crippen molar-refractivity contribution in [3.63, 3.8) is 0 Å². The second-order valence-electron chi connectivity index (χ2n) is 15.7. The van der Waals surface area contributed by atoms with Crippen molar-refractivity contribution in [2.45, 2.75) is 75.1 Å². The van der Waals surface area contributed by atoms with Crippen molar-refractivity contribution in [3.05, 3.63) is 92.9 Å². The third-order valence-electron chi connectivity index (χ3n) is 11.2. The number of thiazole rings is 2. The molecule has 0 radical (unpaired) electrons. The number of anilines is 2. The predicted molar refractivity (Wildman–Crippen MR) is 271 cm³/mol. The Kier molecular flexibility index (Phi) is 17.3. The van der Waals surface area contributed by atoms with Crippen LogP contribution in [-0.4, -0.2) is 90.0 Å². The molecule has 6 aromatic rings. The smallest absolute Gasteiger partial charge is 0.294 e. The largest absolute Gasteiger partial charge is 0.377 e. The van der Waals surface area contributed by atoms with Gasteiger partial charge in [-0.3, -0.25) is 13.7 Å². The molecule has 4 N–H and O–H groups in total. The van der Waals surface area contributed by atoms with E-state index in [2.05, 4.69) is 13.9 Å². The fourth-order valence-corrected chi connectivity index (χ4v) is 15.0. The molecule has 0 aliphatic carbocycles. The van der Waals surface area contributed by atoms with E-state index in [1.165, 1.54) is 82.6 Å². The number of benzene rings is 4. The van der Waals surface area contributed by atoms with Gasteiger partial charge < -0.3 is 24.1 Å². The van der Waals surface area contributed by atoms with Crippen LogP contribution in [0.5, 0.6) is 0 Å². The summed E-state index contributed by atoms with van der Waals surface area (Å²) in [6.45, 7) is 4.85. The van der Waals surface area contributed by atoms with Crippen LogP contribution in [0.2, 0.25) is 0 Å². The van der Waals surface area contributed by atoms with Crippen LogP contribution in [0.1, 0.15) is 42.6 Å². The average Bonchev–Trinajstić information content (AvgIpc) is 4.06. The summed E-state index contributed by atoms with van der Waals surface area (Å²) >= 11 is 6.38. The van der Waals surface area contributed by atoms with Gasteiger partial charge in [-0.1, -0.05) is 51.2 Å². The molecule has 0 fully saturated rings. The van der Waals surface area contributed by atoms with Crippen LogP contribution in [0.25, 0.3) is 32.6 Å². The molecule has 8 rings (SSSR count). The van der Waals surface area contributed by atoms with Gasteiger partial charge in [0.25, 0.3) is 40.4 Å². The summed E-state index contributed by atoms with van der Waals surface area (Å²) in [5.41, 5.74) is 3.16. The lowest BCUT2D eigenvalue weighted by Gasteiger charge is -2.21. The van der Waals surface area contributed by atoms with Crippen molar-refractivity contribution in [2.24, 2.45) is 0 Å². The van der Waals surface area contributed by atoms with Crippen molar-refractivity contribution in [2.75, 3.05) is 49.3 Å². The lowest BCUT2D eigenvalue weighted by molar-refractivity contribution is -0.669. The summed E-state index contributed by atoms with van der Waals surface area (Å²) in [4.78, 5) is 16.2. The van der Waals surface area contributed by atoms with Gasteiger partial charge in [0.1, 0.15) is 22.2 Å². The number of hydrogen-bond acceptors (Lipinski definition) is 19. The van der Waals surface area contributed by atoms with Gasteiger partial charge in [-0.05, 0) is 80.4 Å². The first kappa shape index (κ1) is 53.3. The van der Waals surface area contributed by atoms with Gasteiger partial charge in [-0.2, -0.15) is 34.4 Å². The number of hydrogen-bond donors (Lipinski definition) is 4. The maximum Gasteiger partial charge on any atom is 0.294 e. The molecule has 19 nitrogen and oxygen atoms in total. The number of aldehydes is 1. The Balaban J connectivity index is 0.959. The minimum Gasteiger partial charge on any atom is -0.377 e. The molecule has 71 heavy (non-hydrogen) atoms. The molecule has 0 atom stereocenters. The molecule has 2 aliphatic rings. The molecule has 4 heterocycles.